The molecule has 0 amide bonds. The molecule has 0 aliphatic carbocycles. The first-order valence-corrected chi connectivity index (χ1v) is 7.62. The molecule has 0 aromatic heterocycles. The van der Waals surface area contributed by atoms with Gasteiger partial charge in [0.05, 0.1) is 0 Å². The minimum absolute atomic E-state index is 0.281. The van der Waals surface area contributed by atoms with E-state index in [0.29, 0.717) is 6.04 Å². The first kappa shape index (κ1) is 12.9. The van der Waals surface area contributed by atoms with E-state index in [9.17, 15) is 0 Å². The van der Waals surface area contributed by atoms with E-state index < -0.39 is 0 Å². The average Bonchev–Trinajstić information content (AvgIpc) is 2.38. The van der Waals surface area contributed by atoms with Crippen LogP contribution in [0.1, 0.15) is 31.4 Å². The lowest BCUT2D eigenvalue weighted by molar-refractivity contribution is 0.136. The predicted octanol–water partition coefficient (Wildman–Crippen LogP) is 2.89. The molecule has 0 saturated carbocycles. The van der Waals surface area contributed by atoms with Crippen molar-refractivity contribution in [1.82, 2.24) is 4.90 Å². The lowest BCUT2D eigenvalue weighted by Gasteiger charge is -2.39. The van der Waals surface area contributed by atoms with Crippen LogP contribution in [0.5, 0.6) is 0 Å². The number of piperidine rings is 1. The quantitative estimate of drug-likeness (QED) is 0.836. The number of likely N-dealkylation sites (N-methyl/N-ethyl adjacent to an activating group) is 1. The third-order valence-corrected chi connectivity index (χ3v) is 4.39. The third-order valence-electron chi connectivity index (χ3n) is 3.65. The molecule has 0 bridgehead atoms. The van der Waals surface area contributed by atoms with Crippen LogP contribution >= 0.6 is 11.8 Å². The Hall–Kier alpha value is -0.510. The van der Waals surface area contributed by atoms with Gasteiger partial charge in [0.1, 0.15) is 0 Å². The van der Waals surface area contributed by atoms with Crippen molar-refractivity contribution in [3.8, 4) is 0 Å². The second-order valence-electron chi connectivity index (χ2n) is 4.65. The molecule has 17 heavy (non-hydrogen) atoms. The fraction of sp³-hybridized carbons (Fsp3) is 0.571. The molecular weight excluding hydrogens is 228 g/mol. The average molecular weight is 250 g/mol. The molecule has 1 fully saturated rings. The number of rotatable bonds is 3. The molecule has 2 atom stereocenters. The number of nitrogens with zero attached hydrogens (tertiary/aromatic N) is 1. The monoisotopic (exact) mass is 250 g/mol. The fourth-order valence-electron chi connectivity index (χ4n) is 2.71. The predicted molar refractivity (Wildman–Crippen MR) is 75.4 cm³/mol. The van der Waals surface area contributed by atoms with E-state index in [1.165, 1.54) is 23.4 Å². The van der Waals surface area contributed by atoms with Crippen molar-refractivity contribution in [2.45, 2.75) is 36.7 Å². The summed E-state index contributed by atoms with van der Waals surface area (Å²) in [6.07, 6.45) is 4.49. The summed E-state index contributed by atoms with van der Waals surface area (Å²) < 4.78 is 0. The van der Waals surface area contributed by atoms with Gasteiger partial charge in [-0.3, -0.25) is 4.90 Å². The van der Waals surface area contributed by atoms with Gasteiger partial charge in [0, 0.05) is 17.0 Å². The van der Waals surface area contributed by atoms with Crippen LogP contribution in [0.15, 0.2) is 29.2 Å². The number of benzene rings is 1. The molecule has 2 nitrogen and oxygen atoms in total. The van der Waals surface area contributed by atoms with E-state index in [1.807, 2.05) is 0 Å². The van der Waals surface area contributed by atoms with Gasteiger partial charge in [-0.2, -0.15) is 0 Å². The second-order valence-corrected chi connectivity index (χ2v) is 5.53. The highest BCUT2D eigenvalue weighted by atomic mass is 32.2. The Kier molecular flexibility index (Phi) is 4.48. The van der Waals surface area contributed by atoms with Crippen molar-refractivity contribution >= 4 is 11.8 Å². The van der Waals surface area contributed by atoms with E-state index in [-0.39, 0.29) is 6.04 Å². The molecule has 0 radical (unpaired) electrons. The zero-order valence-electron chi connectivity index (χ0n) is 10.7. The Morgan fingerprint density at radius 1 is 1.35 bits per heavy atom. The maximum Gasteiger partial charge on any atom is 0.0499 e. The molecule has 1 aliphatic heterocycles. The van der Waals surface area contributed by atoms with Crippen molar-refractivity contribution in [3.05, 3.63) is 29.8 Å². The first-order chi connectivity index (χ1) is 8.26. The number of thioether (sulfide) groups is 1. The molecule has 1 heterocycles. The van der Waals surface area contributed by atoms with Gasteiger partial charge in [-0.25, -0.2) is 0 Å². The lowest BCUT2D eigenvalue weighted by Crippen LogP contribution is -2.45. The molecule has 94 valence electrons. The minimum Gasteiger partial charge on any atom is -0.326 e. The summed E-state index contributed by atoms with van der Waals surface area (Å²) in [5.41, 5.74) is 7.67. The summed E-state index contributed by atoms with van der Waals surface area (Å²) in [7, 11) is 0. The van der Waals surface area contributed by atoms with Crippen LogP contribution in [0.3, 0.4) is 0 Å². The third kappa shape index (κ3) is 2.84. The Bertz CT molecular complexity index is 350. The smallest absolute Gasteiger partial charge is 0.0499 e. The second kappa shape index (κ2) is 5.89. The summed E-state index contributed by atoms with van der Waals surface area (Å²) in [5.74, 6) is 0. The largest absolute Gasteiger partial charge is 0.326 e. The lowest BCUT2D eigenvalue weighted by atomic mass is 9.91. The highest BCUT2D eigenvalue weighted by Gasteiger charge is 2.28. The SMILES string of the molecule is CCN1CCCC(N)C1c1ccc(SC)cc1. The zero-order valence-corrected chi connectivity index (χ0v) is 11.5. The van der Waals surface area contributed by atoms with Crippen LogP contribution in [0.4, 0.5) is 0 Å². The van der Waals surface area contributed by atoms with Gasteiger partial charge in [-0.05, 0) is 49.9 Å². The summed E-state index contributed by atoms with van der Waals surface area (Å²) >= 11 is 1.79. The molecule has 3 heteroatoms. The highest BCUT2D eigenvalue weighted by molar-refractivity contribution is 7.98. The molecule has 2 unspecified atom stereocenters. The maximum atomic E-state index is 6.30. The van der Waals surface area contributed by atoms with E-state index in [1.54, 1.807) is 11.8 Å². The number of likely N-dealkylation sites (tertiary alicyclic amines) is 1. The van der Waals surface area contributed by atoms with Crippen molar-refractivity contribution in [2.24, 2.45) is 5.73 Å². The van der Waals surface area contributed by atoms with E-state index in [0.717, 1.165) is 13.0 Å². The molecule has 1 aliphatic rings. The fourth-order valence-corrected chi connectivity index (χ4v) is 3.12. The van der Waals surface area contributed by atoms with Gasteiger partial charge in [0.25, 0.3) is 0 Å². The van der Waals surface area contributed by atoms with Gasteiger partial charge < -0.3 is 5.73 Å². The van der Waals surface area contributed by atoms with Crippen molar-refractivity contribution < 1.29 is 0 Å². The maximum absolute atomic E-state index is 6.30. The van der Waals surface area contributed by atoms with Crippen LogP contribution in [0.2, 0.25) is 0 Å². The van der Waals surface area contributed by atoms with Gasteiger partial charge in [-0.1, -0.05) is 19.1 Å². The number of nitrogens with two attached hydrogens (primary N) is 1. The van der Waals surface area contributed by atoms with Gasteiger partial charge >= 0.3 is 0 Å². The first-order valence-electron chi connectivity index (χ1n) is 6.40. The van der Waals surface area contributed by atoms with Crippen molar-refractivity contribution in [1.29, 1.82) is 0 Å². The van der Waals surface area contributed by atoms with E-state index in [2.05, 4.69) is 42.3 Å². The molecule has 1 aromatic rings. The van der Waals surface area contributed by atoms with Crippen LogP contribution < -0.4 is 5.73 Å². The van der Waals surface area contributed by atoms with E-state index in [4.69, 9.17) is 5.73 Å². The van der Waals surface area contributed by atoms with Crippen LogP contribution in [-0.2, 0) is 0 Å². The topological polar surface area (TPSA) is 29.3 Å². The Morgan fingerprint density at radius 2 is 2.06 bits per heavy atom. The van der Waals surface area contributed by atoms with Gasteiger partial charge in [0.2, 0.25) is 0 Å². The number of hydrogen-bond acceptors (Lipinski definition) is 3. The molecule has 0 spiro atoms. The molecule has 2 N–H and O–H groups in total. The minimum atomic E-state index is 0.281. The van der Waals surface area contributed by atoms with Crippen molar-refractivity contribution in [2.75, 3.05) is 19.3 Å². The molecule has 2 rings (SSSR count). The van der Waals surface area contributed by atoms with Gasteiger partial charge in [-0.15, -0.1) is 11.8 Å². The Labute approximate surface area is 109 Å². The summed E-state index contributed by atoms with van der Waals surface area (Å²) in [6.45, 7) is 4.49. The molecular formula is C14H22N2S. The van der Waals surface area contributed by atoms with Gasteiger partial charge in [0.15, 0.2) is 0 Å². The van der Waals surface area contributed by atoms with Crippen LogP contribution in [0, 0.1) is 0 Å². The number of hydrogen-bond donors (Lipinski definition) is 1. The highest BCUT2D eigenvalue weighted by Crippen LogP contribution is 2.30. The van der Waals surface area contributed by atoms with Crippen LogP contribution in [0.25, 0.3) is 0 Å². The summed E-state index contributed by atoms with van der Waals surface area (Å²) in [5, 5.41) is 0. The zero-order chi connectivity index (χ0) is 12.3. The summed E-state index contributed by atoms with van der Waals surface area (Å²) in [6, 6.07) is 9.58. The molecule has 1 aromatic carbocycles. The molecule has 1 saturated heterocycles. The normalized spacial score (nSPS) is 26.1. The standard InChI is InChI=1S/C14H22N2S/c1-3-16-10-4-5-13(15)14(16)11-6-8-12(17-2)9-7-11/h6-9,13-14H,3-5,10,15H2,1-2H3. The van der Waals surface area contributed by atoms with Crippen molar-refractivity contribution in [3.63, 3.8) is 0 Å². The Morgan fingerprint density at radius 3 is 2.65 bits per heavy atom. The van der Waals surface area contributed by atoms with Crippen LogP contribution in [-0.4, -0.2) is 30.3 Å². The Balaban J connectivity index is 2.21. The summed E-state index contributed by atoms with van der Waals surface area (Å²) in [4.78, 5) is 3.82. The van der Waals surface area contributed by atoms with E-state index >= 15 is 0 Å².